The SMILES string of the molecule is CC1CC(Br)=NO1. The second-order valence-electron chi connectivity index (χ2n) is 1.59. The monoisotopic (exact) mass is 163 g/mol. The molecule has 1 rings (SSSR count). The first kappa shape index (κ1) is 5.09. The van der Waals surface area contributed by atoms with Crippen molar-refractivity contribution in [2.45, 2.75) is 19.4 Å². The molecule has 1 unspecified atom stereocenters. The van der Waals surface area contributed by atoms with Crippen LogP contribution in [0.25, 0.3) is 0 Å². The first-order valence-electron chi connectivity index (χ1n) is 2.17. The first-order chi connectivity index (χ1) is 3.29. The minimum Gasteiger partial charge on any atom is -0.392 e. The van der Waals surface area contributed by atoms with Crippen LogP contribution in [0, 0.1) is 0 Å². The quantitative estimate of drug-likeness (QED) is 0.531. The molecule has 0 saturated carbocycles. The van der Waals surface area contributed by atoms with Crippen molar-refractivity contribution in [1.82, 2.24) is 0 Å². The third-order valence-corrected chi connectivity index (χ3v) is 1.26. The van der Waals surface area contributed by atoms with Crippen molar-refractivity contribution in [3.63, 3.8) is 0 Å². The van der Waals surface area contributed by atoms with Gasteiger partial charge in [0.05, 0.1) is 0 Å². The third kappa shape index (κ3) is 1.16. The second-order valence-corrected chi connectivity index (χ2v) is 2.50. The van der Waals surface area contributed by atoms with Crippen molar-refractivity contribution in [2.75, 3.05) is 0 Å². The summed E-state index contributed by atoms with van der Waals surface area (Å²) >= 11 is 3.20. The highest BCUT2D eigenvalue weighted by Gasteiger charge is 2.11. The summed E-state index contributed by atoms with van der Waals surface area (Å²) in [7, 11) is 0. The van der Waals surface area contributed by atoms with Crippen LogP contribution in [0.3, 0.4) is 0 Å². The maximum Gasteiger partial charge on any atom is 0.131 e. The van der Waals surface area contributed by atoms with Crippen molar-refractivity contribution in [2.24, 2.45) is 5.16 Å². The van der Waals surface area contributed by atoms with Gasteiger partial charge in [-0.3, -0.25) is 0 Å². The van der Waals surface area contributed by atoms with Crippen LogP contribution in [0.1, 0.15) is 13.3 Å². The minimum absolute atomic E-state index is 0.273. The number of hydrogen-bond donors (Lipinski definition) is 0. The van der Waals surface area contributed by atoms with Gasteiger partial charge >= 0.3 is 0 Å². The number of rotatable bonds is 0. The zero-order chi connectivity index (χ0) is 5.28. The fourth-order valence-corrected chi connectivity index (χ4v) is 0.998. The van der Waals surface area contributed by atoms with Crippen molar-refractivity contribution in [1.29, 1.82) is 0 Å². The van der Waals surface area contributed by atoms with Gasteiger partial charge in [-0.15, -0.1) is 0 Å². The summed E-state index contributed by atoms with van der Waals surface area (Å²) in [6.07, 6.45) is 1.19. The lowest BCUT2D eigenvalue weighted by Crippen LogP contribution is -1.96. The van der Waals surface area contributed by atoms with Gasteiger partial charge in [0.25, 0.3) is 0 Å². The molecule has 0 aromatic carbocycles. The smallest absolute Gasteiger partial charge is 0.131 e. The van der Waals surface area contributed by atoms with Gasteiger partial charge in [-0.2, -0.15) is 0 Å². The van der Waals surface area contributed by atoms with Crippen LogP contribution in [-0.4, -0.2) is 10.7 Å². The molecule has 1 aliphatic heterocycles. The van der Waals surface area contributed by atoms with Crippen LogP contribution < -0.4 is 0 Å². The van der Waals surface area contributed by atoms with Crippen molar-refractivity contribution >= 4 is 20.6 Å². The van der Waals surface area contributed by atoms with Crippen LogP contribution >= 0.6 is 15.9 Å². The molecular weight excluding hydrogens is 158 g/mol. The third-order valence-electron chi connectivity index (χ3n) is 0.788. The zero-order valence-corrected chi connectivity index (χ0v) is 5.60. The van der Waals surface area contributed by atoms with Gasteiger partial charge in [0.1, 0.15) is 10.7 Å². The van der Waals surface area contributed by atoms with Gasteiger partial charge in [-0.05, 0) is 22.9 Å². The van der Waals surface area contributed by atoms with Crippen LogP contribution in [0.5, 0.6) is 0 Å². The lowest BCUT2D eigenvalue weighted by Gasteiger charge is -1.93. The van der Waals surface area contributed by atoms with Gasteiger partial charge in [0.2, 0.25) is 0 Å². The number of oxime groups is 1. The fraction of sp³-hybridized carbons (Fsp3) is 0.750. The van der Waals surface area contributed by atoms with E-state index < -0.39 is 0 Å². The molecular formula is C4H6BrNO. The standard InChI is InChI=1S/C4H6BrNO/c1-3-2-4(5)6-7-3/h3H,2H2,1H3. The van der Waals surface area contributed by atoms with Gasteiger partial charge in [-0.1, -0.05) is 5.16 Å². The van der Waals surface area contributed by atoms with E-state index in [2.05, 4.69) is 21.1 Å². The topological polar surface area (TPSA) is 21.6 Å². The molecule has 0 spiro atoms. The Bertz CT molecular complexity index is 102. The summed E-state index contributed by atoms with van der Waals surface area (Å²) < 4.78 is 0.917. The molecule has 0 amide bonds. The fourth-order valence-electron chi connectivity index (χ4n) is 0.459. The van der Waals surface area contributed by atoms with Gasteiger partial charge < -0.3 is 4.84 Å². The molecule has 1 aliphatic rings. The van der Waals surface area contributed by atoms with Gasteiger partial charge in [-0.25, -0.2) is 0 Å². The Kier molecular flexibility index (Phi) is 1.32. The van der Waals surface area contributed by atoms with E-state index in [-0.39, 0.29) is 6.10 Å². The Morgan fingerprint density at radius 2 is 2.71 bits per heavy atom. The van der Waals surface area contributed by atoms with E-state index in [4.69, 9.17) is 4.84 Å². The average molecular weight is 164 g/mol. The molecule has 40 valence electrons. The van der Waals surface area contributed by atoms with E-state index >= 15 is 0 Å². The first-order valence-corrected chi connectivity index (χ1v) is 2.96. The van der Waals surface area contributed by atoms with Crippen molar-refractivity contribution in [3.8, 4) is 0 Å². The summed E-state index contributed by atoms with van der Waals surface area (Å²) in [5, 5.41) is 3.65. The summed E-state index contributed by atoms with van der Waals surface area (Å²) in [5.41, 5.74) is 0. The highest BCUT2D eigenvalue weighted by atomic mass is 79.9. The highest BCUT2D eigenvalue weighted by Crippen LogP contribution is 2.12. The van der Waals surface area contributed by atoms with Crippen LogP contribution in [-0.2, 0) is 4.84 Å². The van der Waals surface area contributed by atoms with E-state index in [1.807, 2.05) is 6.92 Å². The van der Waals surface area contributed by atoms with Gasteiger partial charge in [0, 0.05) is 6.42 Å². The Labute approximate surface area is 50.7 Å². The molecule has 3 heteroatoms. The molecule has 2 nitrogen and oxygen atoms in total. The molecule has 1 heterocycles. The molecule has 1 atom stereocenters. The lowest BCUT2D eigenvalue weighted by atomic mass is 10.3. The predicted molar refractivity (Wildman–Crippen MR) is 31.5 cm³/mol. The number of halogens is 1. The predicted octanol–water partition coefficient (Wildman–Crippen LogP) is 1.50. The second kappa shape index (κ2) is 1.82. The van der Waals surface area contributed by atoms with Gasteiger partial charge in [0.15, 0.2) is 0 Å². The molecule has 0 fully saturated rings. The van der Waals surface area contributed by atoms with Crippen LogP contribution in [0.2, 0.25) is 0 Å². The Balaban J connectivity index is 2.42. The van der Waals surface area contributed by atoms with Crippen LogP contribution in [0.15, 0.2) is 5.16 Å². The highest BCUT2D eigenvalue weighted by molar-refractivity contribution is 9.18. The summed E-state index contributed by atoms with van der Waals surface area (Å²) in [5.74, 6) is 0. The van der Waals surface area contributed by atoms with Crippen molar-refractivity contribution < 1.29 is 4.84 Å². The largest absolute Gasteiger partial charge is 0.392 e. The Morgan fingerprint density at radius 1 is 2.00 bits per heavy atom. The Morgan fingerprint density at radius 3 is 2.86 bits per heavy atom. The van der Waals surface area contributed by atoms with Crippen LogP contribution in [0.4, 0.5) is 0 Å². The normalized spacial score (nSPS) is 29.4. The molecule has 0 aromatic rings. The molecule has 0 N–H and O–H groups in total. The Hall–Kier alpha value is -0.0500. The van der Waals surface area contributed by atoms with E-state index in [9.17, 15) is 0 Å². The summed E-state index contributed by atoms with van der Waals surface area (Å²) in [6, 6.07) is 0. The lowest BCUT2D eigenvalue weighted by molar-refractivity contribution is 0.0996. The van der Waals surface area contributed by atoms with E-state index in [0.29, 0.717) is 0 Å². The van der Waals surface area contributed by atoms with E-state index in [1.54, 1.807) is 0 Å². The number of hydrogen-bond acceptors (Lipinski definition) is 2. The van der Waals surface area contributed by atoms with E-state index in [0.717, 1.165) is 11.0 Å². The summed E-state index contributed by atoms with van der Waals surface area (Å²) in [4.78, 5) is 4.81. The van der Waals surface area contributed by atoms with Crippen molar-refractivity contribution in [3.05, 3.63) is 0 Å². The molecule has 7 heavy (non-hydrogen) atoms. The zero-order valence-electron chi connectivity index (χ0n) is 4.02. The maximum atomic E-state index is 4.81. The molecule has 0 aliphatic carbocycles. The molecule has 0 radical (unpaired) electrons. The average Bonchev–Trinajstić information content (AvgIpc) is 1.87. The maximum absolute atomic E-state index is 4.81. The van der Waals surface area contributed by atoms with E-state index in [1.165, 1.54) is 0 Å². The number of nitrogens with zero attached hydrogens (tertiary/aromatic N) is 1. The summed E-state index contributed by atoms with van der Waals surface area (Å²) in [6.45, 7) is 1.98. The molecule has 0 saturated heterocycles. The molecule has 0 bridgehead atoms. The minimum atomic E-state index is 0.273. The molecule has 0 aromatic heterocycles.